The summed E-state index contributed by atoms with van der Waals surface area (Å²) in [4.78, 5) is 14.1. The molecule has 2 aromatic heterocycles. The summed E-state index contributed by atoms with van der Waals surface area (Å²) in [5.41, 5.74) is 6.52. The molecule has 0 N–H and O–H groups in total. The smallest absolute Gasteiger partial charge is 0.147 e. The average Bonchev–Trinajstić information content (AvgIpc) is 3.25. The van der Waals surface area contributed by atoms with Gasteiger partial charge in [-0.25, -0.2) is 9.37 Å². The summed E-state index contributed by atoms with van der Waals surface area (Å²) < 4.78 is 23.2. The number of aryl methyl sites for hydroxylation is 1. The predicted octanol–water partition coefficient (Wildman–Crippen LogP) is 5.42. The van der Waals surface area contributed by atoms with Gasteiger partial charge >= 0.3 is 0 Å². The summed E-state index contributed by atoms with van der Waals surface area (Å²) >= 11 is 0. The van der Waals surface area contributed by atoms with E-state index in [-0.39, 0.29) is 5.82 Å². The van der Waals surface area contributed by atoms with Gasteiger partial charge in [-0.3, -0.25) is 9.38 Å². The molecule has 0 bridgehead atoms. The normalized spacial score (nSPS) is 18.1. The van der Waals surface area contributed by atoms with Gasteiger partial charge in [0.1, 0.15) is 11.6 Å². The van der Waals surface area contributed by atoms with Crippen LogP contribution in [0, 0.1) is 12.7 Å². The second-order valence-electron chi connectivity index (χ2n) is 10.5. The van der Waals surface area contributed by atoms with Gasteiger partial charge in [-0.15, -0.1) is 0 Å². The maximum Gasteiger partial charge on any atom is 0.147 e. The van der Waals surface area contributed by atoms with Gasteiger partial charge in [-0.1, -0.05) is 12.1 Å². The Kier molecular flexibility index (Phi) is 6.13. The Hall–Kier alpha value is -3.03. The number of hydrogen-bond donors (Lipinski definition) is 0. The van der Waals surface area contributed by atoms with Crippen LogP contribution in [-0.4, -0.2) is 65.7 Å². The molecule has 0 amide bonds. The van der Waals surface area contributed by atoms with E-state index in [9.17, 15) is 0 Å². The molecule has 0 radical (unpaired) electrons. The molecule has 2 aliphatic heterocycles. The molecule has 6 rings (SSSR count). The Labute approximate surface area is 211 Å². The van der Waals surface area contributed by atoms with Crippen LogP contribution < -0.4 is 4.90 Å². The average molecular weight is 488 g/mol. The number of hydrogen-bond acceptors (Lipinski definition) is 5. The highest BCUT2D eigenvalue weighted by atomic mass is 19.1. The van der Waals surface area contributed by atoms with Crippen LogP contribution >= 0.6 is 0 Å². The van der Waals surface area contributed by atoms with Crippen LogP contribution in [0.4, 0.5) is 10.1 Å². The van der Waals surface area contributed by atoms with E-state index in [1.165, 1.54) is 0 Å². The molecule has 7 heteroatoms. The topological polar surface area (TPSA) is 45.9 Å². The molecule has 2 aromatic carbocycles. The van der Waals surface area contributed by atoms with Crippen molar-refractivity contribution in [2.24, 2.45) is 0 Å². The summed E-state index contributed by atoms with van der Waals surface area (Å²) in [6.07, 6.45) is 5.98. The first-order chi connectivity index (χ1) is 17.5. The van der Waals surface area contributed by atoms with Crippen LogP contribution in [0.5, 0.6) is 0 Å². The standard InChI is InChI=1S/C29H34FN5O/c1-19-28-18-31-25-6-4-22(17-27(25)35(28)29(32-19)20-10-14-36-15-11-20)21-5-7-26(24(30)16-21)34-12-8-23(9-13-34)33(2)3/h4-7,16-18,20,23H,8-15H2,1-3H3. The third kappa shape index (κ3) is 4.14. The van der Waals surface area contributed by atoms with Crippen molar-refractivity contribution in [1.29, 1.82) is 0 Å². The minimum Gasteiger partial charge on any atom is -0.381 e. The lowest BCUT2D eigenvalue weighted by Crippen LogP contribution is -2.42. The lowest BCUT2D eigenvalue weighted by Gasteiger charge is -2.36. The first-order valence-electron chi connectivity index (χ1n) is 13.1. The van der Waals surface area contributed by atoms with Crippen molar-refractivity contribution in [1.82, 2.24) is 19.3 Å². The number of aromatic nitrogens is 3. The fraction of sp³-hybridized carbons (Fsp3) is 0.448. The van der Waals surface area contributed by atoms with Crippen LogP contribution in [0.25, 0.3) is 27.7 Å². The van der Waals surface area contributed by atoms with E-state index >= 15 is 4.39 Å². The molecule has 0 atom stereocenters. The Morgan fingerprint density at radius 2 is 1.67 bits per heavy atom. The Balaban J connectivity index is 1.36. The molecule has 36 heavy (non-hydrogen) atoms. The summed E-state index contributed by atoms with van der Waals surface area (Å²) in [5, 5.41) is 0. The van der Waals surface area contributed by atoms with E-state index in [0.29, 0.717) is 17.6 Å². The zero-order valence-electron chi connectivity index (χ0n) is 21.4. The van der Waals surface area contributed by atoms with E-state index in [1.807, 2.05) is 37.4 Å². The maximum atomic E-state index is 15.4. The highest BCUT2D eigenvalue weighted by molar-refractivity contribution is 5.85. The van der Waals surface area contributed by atoms with Crippen LogP contribution in [0.2, 0.25) is 0 Å². The largest absolute Gasteiger partial charge is 0.381 e. The highest BCUT2D eigenvalue weighted by Gasteiger charge is 2.24. The van der Waals surface area contributed by atoms with Crippen LogP contribution in [0.3, 0.4) is 0 Å². The zero-order chi connectivity index (χ0) is 24.8. The van der Waals surface area contributed by atoms with Gasteiger partial charge in [0.25, 0.3) is 0 Å². The molecule has 4 heterocycles. The number of rotatable bonds is 4. The summed E-state index contributed by atoms with van der Waals surface area (Å²) in [5.74, 6) is 1.29. The maximum absolute atomic E-state index is 15.4. The minimum atomic E-state index is -0.159. The van der Waals surface area contributed by atoms with Crippen LogP contribution in [0.1, 0.15) is 43.1 Å². The van der Waals surface area contributed by atoms with Gasteiger partial charge in [-0.05, 0) is 82.1 Å². The van der Waals surface area contributed by atoms with Gasteiger partial charge in [0, 0.05) is 38.3 Å². The second-order valence-corrected chi connectivity index (χ2v) is 10.5. The number of piperidine rings is 1. The van der Waals surface area contributed by atoms with E-state index in [0.717, 1.165) is 91.2 Å². The van der Waals surface area contributed by atoms with Crippen LogP contribution in [0.15, 0.2) is 42.6 Å². The lowest BCUT2D eigenvalue weighted by atomic mass is 9.99. The number of benzene rings is 2. The number of imidazole rings is 1. The summed E-state index contributed by atoms with van der Waals surface area (Å²) in [6.45, 7) is 5.35. The third-order valence-corrected chi connectivity index (χ3v) is 8.07. The lowest BCUT2D eigenvalue weighted by molar-refractivity contribution is 0.0835. The Bertz CT molecular complexity index is 1400. The molecular weight excluding hydrogens is 453 g/mol. The first kappa shape index (κ1) is 23.4. The molecule has 4 aromatic rings. The number of nitrogens with zero attached hydrogens (tertiary/aromatic N) is 5. The molecular formula is C29H34FN5O. The van der Waals surface area contributed by atoms with Crippen LogP contribution in [-0.2, 0) is 4.74 Å². The first-order valence-corrected chi connectivity index (χ1v) is 13.1. The van der Waals surface area contributed by atoms with Crippen molar-refractivity contribution in [3.63, 3.8) is 0 Å². The molecule has 2 fully saturated rings. The molecule has 2 saturated heterocycles. The van der Waals surface area contributed by atoms with Crippen molar-refractivity contribution in [2.45, 2.75) is 44.6 Å². The zero-order valence-corrected chi connectivity index (χ0v) is 21.4. The third-order valence-electron chi connectivity index (χ3n) is 8.07. The Morgan fingerprint density at radius 3 is 2.39 bits per heavy atom. The monoisotopic (exact) mass is 487 g/mol. The minimum absolute atomic E-state index is 0.159. The van der Waals surface area contributed by atoms with Gasteiger partial charge in [0.05, 0.1) is 34.1 Å². The predicted molar refractivity (Wildman–Crippen MR) is 142 cm³/mol. The molecule has 0 aliphatic carbocycles. The van der Waals surface area contributed by atoms with Crippen molar-refractivity contribution < 1.29 is 9.13 Å². The number of anilines is 1. The number of fused-ring (bicyclic) bond motifs is 3. The van der Waals surface area contributed by atoms with Gasteiger partial charge in [0.15, 0.2) is 0 Å². The SMILES string of the molecule is Cc1nc(C2CCOCC2)n2c1cnc1ccc(-c3ccc(N4CCC(N(C)C)CC4)c(F)c3)cc12. The highest BCUT2D eigenvalue weighted by Crippen LogP contribution is 2.33. The molecule has 6 nitrogen and oxygen atoms in total. The van der Waals surface area contributed by atoms with E-state index in [4.69, 9.17) is 14.7 Å². The fourth-order valence-corrected chi connectivity index (χ4v) is 5.89. The van der Waals surface area contributed by atoms with Crippen molar-refractivity contribution >= 4 is 22.2 Å². The molecule has 0 saturated carbocycles. The van der Waals surface area contributed by atoms with Crippen molar-refractivity contribution in [2.75, 3.05) is 45.3 Å². The quantitative estimate of drug-likeness (QED) is 0.385. The van der Waals surface area contributed by atoms with Gasteiger partial charge < -0.3 is 14.5 Å². The van der Waals surface area contributed by atoms with E-state index in [2.05, 4.69) is 34.4 Å². The molecule has 0 spiro atoms. The molecule has 2 aliphatic rings. The number of ether oxygens (including phenoxy) is 1. The number of halogens is 1. The van der Waals surface area contributed by atoms with E-state index < -0.39 is 0 Å². The van der Waals surface area contributed by atoms with Gasteiger partial charge in [-0.2, -0.15) is 0 Å². The summed E-state index contributed by atoms with van der Waals surface area (Å²) in [7, 11) is 4.25. The van der Waals surface area contributed by atoms with E-state index in [1.54, 1.807) is 6.07 Å². The fourth-order valence-electron chi connectivity index (χ4n) is 5.89. The molecule has 0 unspecified atom stereocenters. The molecule has 188 valence electrons. The Morgan fingerprint density at radius 1 is 0.944 bits per heavy atom. The van der Waals surface area contributed by atoms with Gasteiger partial charge in [0.2, 0.25) is 0 Å². The van der Waals surface area contributed by atoms with Crippen molar-refractivity contribution in [3.8, 4) is 11.1 Å². The van der Waals surface area contributed by atoms with Crippen molar-refractivity contribution in [3.05, 3.63) is 59.9 Å². The second kappa shape index (κ2) is 9.45. The summed E-state index contributed by atoms with van der Waals surface area (Å²) in [6, 6.07) is 12.4.